The van der Waals surface area contributed by atoms with Crippen molar-refractivity contribution in [1.29, 1.82) is 0 Å². The number of nitrogens with zero attached hydrogens (tertiary/aromatic N) is 1. The molecule has 0 radical (unpaired) electrons. The average Bonchev–Trinajstić information content (AvgIpc) is 3.34. The predicted molar refractivity (Wildman–Crippen MR) is 161 cm³/mol. The number of nitrogens with one attached hydrogen (secondary N) is 1. The highest BCUT2D eigenvalue weighted by atomic mass is 16.5. The summed E-state index contributed by atoms with van der Waals surface area (Å²) in [6.45, 7) is 2.23. The van der Waals surface area contributed by atoms with E-state index in [9.17, 15) is 19.5 Å². The summed E-state index contributed by atoms with van der Waals surface area (Å²) in [5.41, 5.74) is 6.16. The van der Waals surface area contributed by atoms with Gasteiger partial charge in [-0.2, -0.15) is 0 Å². The molecule has 0 spiro atoms. The molecule has 0 heterocycles. The molecule has 1 aliphatic carbocycles. The molecule has 0 saturated carbocycles. The largest absolute Gasteiger partial charge is 0.481 e. The van der Waals surface area contributed by atoms with Crippen molar-refractivity contribution in [3.05, 3.63) is 131 Å². The third-order valence-corrected chi connectivity index (χ3v) is 7.79. The number of hydrogen-bond donors (Lipinski definition) is 2. The number of ether oxygens (including phenoxy) is 1. The Morgan fingerprint density at radius 3 is 1.95 bits per heavy atom. The Balaban J connectivity index is 1.33. The van der Waals surface area contributed by atoms with Crippen LogP contribution in [0.2, 0.25) is 0 Å². The lowest BCUT2D eigenvalue weighted by molar-refractivity contribution is -0.140. The highest BCUT2D eigenvalue weighted by Gasteiger charge is 2.33. The third kappa shape index (κ3) is 6.52. The van der Waals surface area contributed by atoms with Crippen molar-refractivity contribution in [2.45, 2.75) is 31.8 Å². The number of fused-ring (bicyclic) bond motifs is 3. The van der Waals surface area contributed by atoms with Gasteiger partial charge in [0.1, 0.15) is 6.61 Å². The molecular formula is C35H34N2O5. The van der Waals surface area contributed by atoms with E-state index in [4.69, 9.17) is 4.74 Å². The summed E-state index contributed by atoms with van der Waals surface area (Å²) in [5.74, 6) is -2.02. The maximum atomic E-state index is 13.8. The quantitative estimate of drug-likeness (QED) is 0.220. The zero-order valence-corrected chi connectivity index (χ0v) is 23.5. The Bertz CT molecular complexity index is 1490. The van der Waals surface area contributed by atoms with Crippen LogP contribution in [0.25, 0.3) is 11.1 Å². The van der Waals surface area contributed by atoms with Gasteiger partial charge < -0.3 is 20.1 Å². The van der Waals surface area contributed by atoms with Crippen molar-refractivity contribution in [1.82, 2.24) is 10.2 Å². The van der Waals surface area contributed by atoms with Gasteiger partial charge in [-0.05, 0) is 33.4 Å². The van der Waals surface area contributed by atoms with Crippen molar-refractivity contribution in [3.8, 4) is 11.1 Å². The molecule has 0 bridgehead atoms. The lowest BCUT2D eigenvalue weighted by atomic mass is 9.93. The van der Waals surface area contributed by atoms with Gasteiger partial charge in [-0.15, -0.1) is 0 Å². The molecule has 2 unspecified atom stereocenters. The molecule has 2 N–H and O–H groups in total. The highest BCUT2D eigenvalue weighted by Crippen LogP contribution is 2.44. The molecule has 0 fully saturated rings. The SMILES string of the molecule is CC(C(=O)N(CCC(=O)O)Cc1ccccc1)C(NC(=O)OCC1c2ccccc2-c2ccccc21)c1ccccc1. The van der Waals surface area contributed by atoms with Gasteiger partial charge in [0.15, 0.2) is 0 Å². The van der Waals surface area contributed by atoms with Gasteiger partial charge in [-0.25, -0.2) is 4.79 Å². The number of carbonyl (C=O) groups is 3. The number of rotatable bonds is 11. The first-order valence-corrected chi connectivity index (χ1v) is 14.1. The monoisotopic (exact) mass is 562 g/mol. The van der Waals surface area contributed by atoms with Gasteiger partial charge >= 0.3 is 12.1 Å². The molecule has 0 aliphatic heterocycles. The van der Waals surface area contributed by atoms with E-state index in [1.54, 1.807) is 11.8 Å². The minimum absolute atomic E-state index is 0.0554. The molecule has 7 nitrogen and oxygen atoms in total. The summed E-state index contributed by atoms with van der Waals surface area (Å²) in [4.78, 5) is 40.0. The molecule has 2 amide bonds. The summed E-state index contributed by atoms with van der Waals surface area (Å²) in [6.07, 6.45) is -0.799. The van der Waals surface area contributed by atoms with E-state index < -0.39 is 24.0 Å². The van der Waals surface area contributed by atoms with Crippen LogP contribution in [-0.2, 0) is 20.9 Å². The average molecular weight is 563 g/mol. The Kier molecular flexibility index (Phi) is 8.97. The zero-order chi connectivity index (χ0) is 29.5. The lowest BCUT2D eigenvalue weighted by Crippen LogP contribution is -2.43. The van der Waals surface area contributed by atoms with E-state index in [-0.39, 0.29) is 37.9 Å². The molecule has 42 heavy (non-hydrogen) atoms. The van der Waals surface area contributed by atoms with E-state index >= 15 is 0 Å². The first-order valence-electron chi connectivity index (χ1n) is 14.1. The van der Waals surface area contributed by atoms with E-state index in [2.05, 4.69) is 29.6 Å². The van der Waals surface area contributed by atoms with Crippen LogP contribution in [0.4, 0.5) is 4.79 Å². The smallest absolute Gasteiger partial charge is 0.407 e. The molecule has 1 aliphatic rings. The van der Waals surface area contributed by atoms with Crippen molar-refractivity contribution in [2.75, 3.05) is 13.2 Å². The Labute approximate surface area is 245 Å². The second kappa shape index (κ2) is 13.2. The van der Waals surface area contributed by atoms with Crippen LogP contribution in [0.3, 0.4) is 0 Å². The number of hydrogen-bond acceptors (Lipinski definition) is 4. The number of carboxylic acids is 1. The fourth-order valence-corrected chi connectivity index (χ4v) is 5.66. The number of alkyl carbamates (subject to hydrolysis) is 1. The number of aliphatic carboxylic acids is 1. The normalized spacial score (nSPS) is 13.4. The summed E-state index contributed by atoms with van der Waals surface area (Å²) in [7, 11) is 0. The van der Waals surface area contributed by atoms with Gasteiger partial charge in [0, 0.05) is 19.0 Å². The Morgan fingerprint density at radius 2 is 1.36 bits per heavy atom. The van der Waals surface area contributed by atoms with Gasteiger partial charge in [0.25, 0.3) is 0 Å². The maximum absolute atomic E-state index is 13.8. The van der Waals surface area contributed by atoms with E-state index in [0.29, 0.717) is 0 Å². The number of amides is 2. The molecule has 5 rings (SSSR count). The second-order valence-electron chi connectivity index (χ2n) is 10.5. The van der Waals surface area contributed by atoms with Crippen LogP contribution in [0.1, 0.15) is 47.6 Å². The van der Waals surface area contributed by atoms with Crippen LogP contribution in [0, 0.1) is 5.92 Å². The van der Waals surface area contributed by atoms with Crippen molar-refractivity contribution < 1.29 is 24.2 Å². The number of benzene rings is 4. The fraction of sp³-hybridized carbons (Fsp3) is 0.229. The van der Waals surface area contributed by atoms with Gasteiger partial charge in [-0.1, -0.05) is 116 Å². The fourth-order valence-electron chi connectivity index (χ4n) is 5.66. The first kappa shape index (κ1) is 28.6. The van der Waals surface area contributed by atoms with Gasteiger partial charge in [0.2, 0.25) is 5.91 Å². The summed E-state index contributed by atoms with van der Waals surface area (Å²) in [6, 6.07) is 34.3. The van der Waals surface area contributed by atoms with E-state index in [1.807, 2.05) is 84.9 Å². The molecule has 214 valence electrons. The summed E-state index contributed by atoms with van der Waals surface area (Å²) < 4.78 is 5.80. The minimum Gasteiger partial charge on any atom is -0.481 e. The van der Waals surface area contributed by atoms with Crippen LogP contribution in [-0.4, -0.2) is 41.1 Å². The maximum Gasteiger partial charge on any atom is 0.407 e. The zero-order valence-electron chi connectivity index (χ0n) is 23.5. The van der Waals surface area contributed by atoms with Crippen LogP contribution in [0.15, 0.2) is 109 Å². The standard InChI is InChI=1S/C35H34N2O5/c1-24(34(40)37(21-20-32(38)39)22-25-12-4-2-5-13-25)33(26-14-6-3-7-15-26)36-35(41)42-23-31-29-18-10-8-16-27(29)28-17-9-11-19-30(28)31/h2-19,24,31,33H,20-23H2,1H3,(H,36,41)(H,38,39). The summed E-state index contributed by atoms with van der Waals surface area (Å²) in [5, 5.41) is 12.3. The Hall–Kier alpha value is -4.91. The van der Waals surface area contributed by atoms with Crippen molar-refractivity contribution >= 4 is 18.0 Å². The predicted octanol–water partition coefficient (Wildman–Crippen LogP) is 6.41. The van der Waals surface area contributed by atoms with Gasteiger partial charge in [-0.3, -0.25) is 9.59 Å². The molecule has 0 saturated heterocycles. The Morgan fingerprint density at radius 1 is 0.810 bits per heavy atom. The third-order valence-electron chi connectivity index (χ3n) is 7.79. The lowest BCUT2D eigenvalue weighted by Gasteiger charge is -2.30. The number of carboxylic acid groups (broad SMARTS) is 1. The van der Waals surface area contributed by atoms with Gasteiger partial charge in [0.05, 0.1) is 18.4 Å². The van der Waals surface area contributed by atoms with Crippen LogP contribution < -0.4 is 5.32 Å². The molecular weight excluding hydrogens is 528 g/mol. The minimum atomic E-state index is -0.982. The summed E-state index contributed by atoms with van der Waals surface area (Å²) >= 11 is 0. The molecule has 4 aromatic carbocycles. The van der Waals surface area contributed by atoms with E-state index in [0.717, 1.165) is 33.4 Å². The molecule has 4 aromatic rings. The highest BCUT2D eigenvalue weighted by molar-refractivity contribution is 5.81. The second-order valence-corrected chi connectivity index (χ2v) is 10.5. The van der Waals surface area contributed by atoms with Crippen LogP contribution >= 0.6 is 0 Å². The topological polar surface area (TPSA) is 95.9 Å². The first-order chi connectivity index (χ1) is 20.4. The molecule has 0 aromatic heterocycles. The van der Waals surface area contributed by atoms with Crippen LogP contribution in [0.5, 0.6) is 0 Å². The number of carbonyl (C=O) groups excluding carboxylic acids is 2. The van der Waals surface area contributed by atoms with Crippen molar-refractivity contribution in [2.24, 2.45) is 5.92 Å². The molecule has 2 atom stereocenters. The van der Waals surface area contributed by atoms with E-state index in [1.165, 1.54) is 0 Å². The molecule has 7 heteroatoms. The van der Waals surface area contributed by atoms with Crippen molar-refractivity contribution in [3.63, 3.8) is 0 Å².